The summed E-state index contributed by atoms with van der Waals surface area (Å²) < 4.78 is 0. The molecule has 0 amide bonds. The lowest BCUT2D eigenvalue weighted by Gasteiger charge is -1.99. The van der Waals surface area contributed by atoms with Gasteiger partial charge in [-0.15, -0.1) is 0 Å². The normalized spacial score (nSPS) is 9.60. The van der Waals surface area contributed by atoms with Crippen molar-refractivity contribution in [3.05, 3.63) is 0 Å². The van der Waals surface area contributed by atoms with Gasteiger partial charge in [0, 0.05) is 6.42 Å². The van der Waals surface area contributed by atoms with Crippen LogP contribution >= 0.6 is 0 Å². The Balaban J connectivity index is 2.98. The van der Waals surface area contributed by atoms with Crippen LogP contribution in [0.3, 0.4) is 0 Å². The summed E-state index contributed by atoms with van der Waals surface area (Å²) in [5.74, 6) is -0.707. The van der Waals surface area contributed by atoms with Crippen LogP contribution in [-0.4, -0.2) is 23.7 Å². The van der Waals surface area contributed by atoms with E-state index in [2.05, 4.69) is 4.99 Å². The highest BCUT2D eigenvalue weighted by atomic mass is 16.4. The average molecular weight is 213 g/mol. The van der Waals surface area contributed by atoms with E-state index >= 15 is 0 Å². The number of rotatable bonds is 10. The average Bonchev–Trinajstić information content (AvgIpc) is 2.20. The third-order valence-electron chi connectivity index (χ3n) is 2.23. The molecule has 0 rings (SSSR count). The molecule has 0 saturated heterocycles. The monoisotopic (exact) mass is 213 g/mol. The molecule has 4 nitrogen and oxygen atoms in total. The third-order valence-corrected chi connectivity index (χ3v) is 2.23. The number of unbranched alkanes of at least 4 members (excludes halogenated alkanes) is 6. The van der Waals surface area contributed by atoms with Crippen LogP contribution in [0, 0.1) is 0 Å². The van der Waals surface area contributed by atoms with Gasteiger partial charge in [0.2, 0.25) is 6.08 Å². The zero-order valence-corrected chi connectivity index (χ0v) is 9.07. The predicted octanol–water partition coefficient (Wildman–Crippen LogP) is 2.53. The Morgan fingerprint density at radius 3 is 2.07 bits per heavy atom. The molecule has 0 aromatic rings. The standard InChI is InChI=1S/C11H19NO3/c13-10-12-9-7-5-3-1-2-4-6-8-11(14)15/h1-9H2,(H,14,15). The Hall–Kier alpha value is -1.15. The van der Waals surface area contributed by atoms with Crippen LogP contribution in [0.15, 0.2) is 4.99 Å². The molecule has 0 aliphatic heterocycles. The number of nitrogens with zero attached hydrogens (tertiary/aromatic N) is 1. The quantitative estimate of drug-likeness (QED) is 0.344. The van der Waals surface area contributed by atoms with Gasteiger partial charge in [-0.1, -0.05) is 32.1 Å². The van der Waals surface area contributed by atoms with Crippen LogP contribution in [0.4, 0.5) is 0 Å². The molecule has 4 heteroatoms. The van der Waals surface area contributed by atoms with Crippen molar-refractivity contribution in [3.8, 4) is 0 Å². The van der Waals surface area contributed by atoms with E-state index < -0.39 is 5.97 Å². The zero-order valence-electron chi connectivity index (χ0n) is 9.07. The summed E-state index contributed by atoms with van der Waals surface area (Å²) in [6.45, 7) is 0.586. The first-order chi connectivity index (χ1) is 7.27. The molecule has 0 atom stereocenters. The fourth-order valence-electron chi connectivity index (χ4n) is 1.40. The highest BCUT2D eigenvalue weighted by Crippen LogP contribution is 2.08. The number of aliphatic carboxylic acids is 1. The van der Waals surface area contributed by atoms with Crippen molar-refractivity contribution in [2.45, 2.75) is 51.4 Å². The largest absolute Gasteiger partial charge is 0.481 e. The summed E-state index contributed by atoms with van der Waals surface area (Å²) in [4.78, 5) is 23.4. The van der Waals surface area contributed by atoms with Gasteiger partial charge in [-0.25, -0.2) is 9.79 Å². The molecule has 0 aliphatic rings. The minimum atomic E-state index is -0.707. The topological polar surface area (TPSA) is 66.7 Å². The van der Waals surface area contributed by atoms with Crippen LogP contribution in [0.1, 0.15) is 51.4 Å². The number of hydrogen-bond donors (Lipinski definition) is 1. The minimum Gasteiger partial charge on any atom is -0.481 e. The number of aliphatic imine (C=N–C) groups is 1. The van der Waals surface area contributed by atoms with Gasteiger partial charge in [0.25, 0.3) is 0 Å². The van der Waals surface area contributed by atoms with Crippen molar-refractivity contribution in [1.29, 1.82) is 0 Å². The molecular weight excluding hydrogens is 194 g/mol. The molecule has 0 bridgehead atoms. The van der Waals surface area contributed by atoms with Crippen molar-refractivity contribution in [2.75, 3.05) is 6.54 Å². The highest BCUT2D eigenvalue weighted by Gasteiger charge is 1.96. The van der Waals surface area contributed by atoms with E-state index in [0.717, 1.165) is 44.9 Å². The molecule has 0 aromatic carbocycles. The zero-order chi connectivity index (χ0) is 11.4. The van der Waals surface area contributed by atoms with Crippen molar-refractivity contribution < 1.29 is 14.7 Å². The van der Waals surface area contributed by atoms with E-state index in [1.165, 1.54) is 6.08 Å². The lowest BCUT2D eigenvalue weighted by molar-refractivity contribution is -0.137. The number of carboxylic acids is 1. The number of isocyanates is 1. The van der Waals surface area contributed by atoms with Gasteiger partial charge in [0.15, 0.2) is 0 Å². The van der Waals surface area contributed by atoms with Gasteiger partial charge >= 0.3 is 5.97 Å². The van der Waals surface area contributed by atoms with Crippen LogP contribution in [0.5, 0.6) is 0 Å². The van der Waals surface area contributed by atoms with Crippen LogP contribution in [0.2, 0.25) is 0 Å². The molecule has 0 fully saturated rings. The first-order valence-electron chi connectivity index (χ1n) is 5.53. The number of carbonyl (C=O) groups excluding carboxylic acids is 1. The molecule has 0 aliphatic carbocycles. The van der Waals surface area contributed by atoms with Crippen molar-refractivity contribution >= 4 is 12.0 Å². The maximum Gasteiger partial charge on any atom is 0.303 e. The number of carbonyl (C=O) groups is 1. The Morgan fingerprint density at radius 1 is 1.00 bits per heavy atom. The molecule has 0 aromatic heterocycles. The Kier molecular flexibility index (Phi) is 10.1. The smallest absolute Gasteiger partial charge is 0.303 e. The second-order valence-electron chi connectivity index (χ2n) is 3.59. The van der Waals surface area contributed by atoms with Crippen molar-refractivity contribution in [1.82, 2.24) is 0 Å². The van der Waals surface area contributed by atoms with E-state index in [4.69, 9.17) is 5.11 Å². The molecule has 0 heterocycles. The Bertz CT molecular complexity index is 202. The maximum absolute atomic E-state index is 10.2. The van der Waals surface area contributed by atoms with Crippen LogP contribution in [0.25, 0.3) is 0 Å². The van der Waals surface area contributed by atoms with Crippen LogP contribution < -0.4 is 0 Å². The summed E-state index contributed by atoms with van der Waals surface area (Å²) in [6.07, 6.45) is 9.00. The van der Waals surface area contributed by atoms with Gasteiger partial charge in [-0.2, -0.15) is 0 Å². The Labute approximate surface area is 90.4 Å². The molecular formula is C11H19NO3. The van der Waals surface area contributed by atoms with Crippen LogP contribution in [-0.2, 0) is 9.59 Å². The lowest BCUT2D eigenvalue weighted by Crippen LogP contribution is -1.93. The van der Waals surface area contributed by atoms with Gasteiger partial charge in [0.1, 0.15) is 0 Å². The summed E-state index contributed by atoms with van der Waals surface area (Å²) in [7, 11) is 0. The second kappa shape index (κ2) is 10.9. The van der Waals surface area contributed by atoms with E-state index in [-0.39, 0.29) is 6.42 Å². The van der Waals surface area contributed by atoms with Crippen molar-refractivity contribution in [2.24, 2.45) is 4.99 Å². The first-order valence-corrected chi connectivity index (χ1v) is 5.53. The highest BCUT2D eigenvalue weighted by molar-refractivity contribution is 5.66. The van der Waals surface area contributed by atoms with Gasteiger partial charge in [-0.3, -0.25) is 4.79 Å². The first kappa shape index (κ1) is 13.8. The third kappa shape index (κ3) is 12.8. The van der Waals surface area contributed by atoms with E-state index in [9.17, 15) is 9.59 Å². The summed E-state index contributed by atoms with van der Waals surface area (Å²) in [5, 5.41) is 8.39. The molecule has 0 unspecified atom stereocenters. The molecule has 0 spiro atoms. The molecule has 15 heavy (non-hydrogen) atoms. The fourth-order valence-corrected chi connectivity index (χ4v) is 1.40. The SMILES string of the molecule is O=C=NCCCCCCCCCC(=O)O. The molecule has 86 valence electrons. The maximum atomic E-state index is 10.2. The fraction of sp³-hybridized carbons (Fsp3) is 0.818. The minimum absolute atomic E-state index is 0.286. The summed E-state index contributed by atoms with van der Waals surface area (Å²) in [6, 6.07) is 0. The molecule has 0 saturated carbocycles. The Morgan fingerprint density at radius 2 is 1.53 bits per heavy atom. The van der Waals surface area contributed by atoms with E-state index in [1.807, 2.05) is 0 Å². The number of hydrogen-bond acceptors (Lipinski definition) is 3. The molecule has 1 N–H and O–H groups in total. The lowest BCUT2D eigenvalue weighted by atomic mass is 10.1. The van der Waals surface area contributed by atoms with E-state index in [0.29, 0.717) is 6.54 Å². The molecule has 0 radical (unpaired) electrons. The second-order valence-corrected chi connectivity index (χ2v) is 3.59. The van der Waals surface area contributed by atoms with E-state index in [1.54, 1.807) is 0 Å². The van der Waals surface area contributed by atoms with Crippen molar-refractivity contribution in [3.63, 3.8) is 0 Å². The van der Waals surface area contributed by atoms with Gasteiger partial charge in [-0.05, 0) is 12.8 Å². The summed E-state index contributed by atoms with van der Waals surface area (Å²) >= 11 is 0. The van der Waals surface area contributed by atoms with Gasteiger partial charge in [0.05, 0.1) is 6.54 Å². The predicted molar refractivity (Wildman–Crippen MR) is 57.6 cm³/mol. The number of carboxylic acid groups (broad SMARTS) is 1. The van der Waals surface area contributed by atoms with Gasteiger partial charge < -0.3 is 5.11 Å². The summed E-state index contributed by atoms with van der Waals surface area (Å²) in [5.41, 5.74) is 0.